The van der Waals surface area contributed by atoms with E-state index in [0.29, 0.717) is 36.8 Å². The zero-order valence-electron chi connectivity index (χ0n) is 19.1. The predicted molar refractivity (Wildman–Crippen MR) is 125 cm³/mol. The minimum atomic E-state index is -0.579. The van der Waals surface area contributed by atoms with Crippen LogP contribution in [0.1, 0.15) is 51.7 Å². The molecule has 0 aliphatic carbocycles. The summed E-state index contributed by atoms with van der Waals surface area (Å²) in [7, 11) is 0. The monoisotopic (exact) mass is 444 g/mol. The Labute approximate surface area is 190 Å². The zero-order valence-corrected chi connectivity index (χ0v) is 19.8. The summed E-state index contributed by atoms with van der Waals surface area (Å²) in [5.74, 6) is 0.480. The van der Waals surface area contributed by atoms with Crippen molar-refractivity contribution in [2.75, 3.05) is 6.61 Å². The van der Waals surface area contributed by atoms with Crippen molar-refractivity contribution in [2.45, 2.75) is 65.6 Å². The molecule has 0 aliphatic rings. The first kappa shape index (κ1) is 24.7. The molecule has 168 valence electrons. The third kappa shape index (κ3) is 8.62. The number of ether oxygens (including phenoxy) is 1. The highest BCUT2D eigenvalue weighted by Crippen LogP contribution is 2.17. The standard InChI is InChI=1S/C25H33ClN2O3/c1-18-8-10-20(11-9-18)17-28(19(2)24(30)27-25(3,4)5)23(29)7-6-16-31-22-14-12-21(26)13-15-22/h8-15,19H,6-7,16-17H2,1-5H3,(H,27,30)/t19-/m0/s1. The predicted octanol–water partition coefficient (Wildman–Crippen LogP) is 5.14. The Balaban J connectivity index is 2.01. The molecule has 0 heterocycles. The van der Waals surface area contributed by atoms with Gasteiger partial charge in [-0.2, -0.15) is 0 Å². The third-order valence-corrected chi connectivity index (χ3v) is 5.01. The topological polar surface area (TPSA) is 58.6 Å². The minimum Gasteiger partial charge on any atom is -0.494 e. The van der Waals surface area contributed by atoms with E-state index in [1.807, 2.05) is 52.0 Å². The lowest BCUT2D eigenvalue weighted by molar-refractivity contribution is -0.141. The van der Waals surface area contributed by atoms with Crippen molar-refractivity contribution in [1.82, 2.24) is 10.2 Å². The van der Waals surface area contributed by atoms with Crippen LogP contribution in [0.25, 0.3) is 0 Å². The van der Waals surface area contributed by atoms with Gasteiger partial charge in [0.2, 0.25) is 11.8 Å². The van der Waals surface area contributed by atoms with E-state index < -0.39 is 6.04 Å². The van der Waals surface area contributed by atoms with Crippen molar-refractivity contribution in [1.29, 1.82) is 0 Å². The van der Waals surface area contributed by atoms with Gasteiger partial charge in [-0.3, -0.25) is 9.59 Å². The van der Waals surface area contributed by atoms with Gasteiger partial charge in [-0.1, -0.05) is 41.4 Å². The number of benzene rings is 2. The van der Waals surface area contributed by atoms with Crippen molar-refractivity contribution in [3.63, 3.8) is 0 Å². The number of nitrogens with zero attached hydrogens (tertiary/aromatic N) is 1. The Morgan fingerprint density at radius 3 is 2.26 bits per heavy atom. The van der Waals surface area contributed by atoms with Crippen molar-refractivity contribution in [3.05, 3.63) is 64.7 Å². The van der Waals surface area contributed by atoms with Gasteiger partial charge in [-0.15, -0.1) is 0 Å². The molecule has 0 saturated heterocycles. The van der Waals surface area contributed by atoms with Crippen LogP contribution in [0.4, 0.5) is 0 Å². The molecular formula is C25H33ClN2O3. The second-order valence-corrected chi connectivity index (χ2v) is 9.26. The fraction of sp³-hybridized carbons (Fsp3) is 0.440. The van der Waals surface area contributed by atoms with Gasteiger partial charge < -0.3 is 15.0 Å². The summed E-state index contributed by atoms with van der Waals surface area (Å²) in [6.07, 6.45) is 0.853. The normalized spacial score (nSPS) is 12.2. The molecule has 0 aliphatic heterocycles. The summed E-state index contributed by atoms with van der Waals surface area (Å²) in [5, 5.41) is 3.62. The summed E-state index contributed by atoms with van der Waals surface area (Å²) in [5.41, 5.74) is 1.78. The van der Waals surface area contributed by atoms with Gasteiger partial charge >= 0.3 is 0 Å². The Morgan fingerprint density at radius 1 is 1.06 bits per heavy atom. The Hall–Kier alpha value is -2.53. The van der Waals surface area contributed by atoms with Gasteiger partial charge in [0.15, 0.2) is 0 Å². The third-order valence-electron chi connectivity index (χ3n) is 4.76. The molecule has 2 rings (SSSR count). The van der Waals surface area contributed by atoms with Gasteiger partial charge in [0.25, 0.3) is 0 Å². The molecule has 0 aromatic heterocycles. The molecule has 0 saturated carbocycles. The first-order chi connectivity index (χ1) is 14.5. The van der Waals surface area contributed by atoms with Crippen molar-refractivity contribution in [2.24, 2.45) is 0 Å². The van der Waals surface area contributed by atoms with Crippen LogP contribution in [0.2, 0.25) is 5.02 Å². The molecule has 0 radical (unpaired) electrons. The lowest BCUT2D eigenvalue weighted by Gasteiger charge is -2.31. The minimum absolute atomic E-state index is 0.0724. The average molecular weight is 445 g/mol. The highest BCUT2D eigenvalue weighted by molar-refractivity contribution is 6.30. The molecule has 0 fully saturated rings. The van der Waals surface area contributed by atoms with Gasteiger partial charge in [0.05, 0.1) is 6.61 Å². The molecule has 2 aromatic carbocycles. The molecule has 2 amide bonds. The molecule has 2 aromatic rings. The second kappa shape index (κ2) is 11.2. The fourth-order valence-corrected chi connectivity index (χ4v) is 3.16. The van der Waals surface area contributed by atoms with E-state index in [1.165, 1.54) is 0 Å². The first-order valence-electron chi connectivity index (χ1n) is 10.6. The van der Waals surface area contributed by atoms with E-state index in [9.17, 15) is 9.59 Å². The van der Waals surface area contributed by atoms with Crippen LogP contribution >= 0.6 is 11.6 Å². The molecule has 0 unspecified atom stereocenters. The van der Waals surface area contributed by atoms with Crippen molar-refractivity contribution < 1.29 is 14.3 Å². The molecule has 31 heavy (non-hydrogen) atoms. The molecular weight excluding hydrogens is 412 g/mol. The van der Waals surface area contributed by atoms with Crippen LogP contribution < -0.4 is 10.1 Å². The van der Waals surface area contributed by atoms with E-state index in [1.54, 1.807) is 36.1 Å². The largest absolute Gasteiger partial charge is 0.494 e. The van der Waals surface area contributed by atoms with Crippen LogP contribution in [0, 0.1) is 6.92 Å². The summed E-state index contributed by atoms with van der Waals surface area (Å²) in [4.78, 5) is 27.5. The first-order valence-corrected chi connectivity index (χ1v) is 11.0. The Morgan fingerprint density at radius 2 is 1.68 bits per heavy atom. The summed E-state index contributed by atoms with van der Waals surface area (Å²) in [6.45, 7) is 10.4. The van der Waals surface area contributed by atoms with E-state index in [-0.39, 0.29) is 17.4 Å². The summed E-state index contributed by atoms with van der Waals surface area (Å²) >= 11 is 5.88. The molecule has 5 nitrogen and oxygen atoms in total. The van der Waals surface area contributed by atoms with E-state index in [4.69, 9.17) is 16.3 Å². The highest BCUT2D eigenvalue weighted by Gasteiger charge is 2.28. The lowest BCUT2D eigenvalue weighted by Crippen LogP contribution is -2.52. The van der Waals surface area contributed by atoms with Gasteiger partial charge in [-0.05, 0) is 70.9 Å². The van der Waals surface area contributed by atoms with Crippen molar-refractivity contribution in [3.8, 4) is 5.75 Å². The van der Waals surface area contributed by atoms with Gasteiger partial charge in [0, 0.05) is 23.5 Å². The van der Waals surface area contributed by atoms with E-state index >= 15 is 0 Å². The number of carbonyl (C=O) groups excluding carboxylic acids is 2. The number of nitrogens with one attached hydrogen (secondary N) is 1. The fourth-order valence-electron chi connectivity index (χ4n) is 3.03. The molecule has 0 bridgehead atoms. The van der Waals surface area contributed by atoms with Crippen molar-refractivity contribution >= 4 is 23.4 Å². The van der Waals surface area contributed by atoms with Crippen LogP contribution in [0.5, 0.6) is 5.75 Å². The number of hydrogen-bond acceptors (Lipinski definition) is 3. The number of halogens is 1. The van der Waals surface area contributed by atoms with Crippen LogP contribution in [0.15, 0.2) is 48.5 Å². The SMILES string of the molecule is Cc1ccc(CN(C(=O)CCCOc2ccc(Cl)cc2)[C@@H](C)C(=O)NC(C)(C)C)cc1. The van der Waals surface area contributed by atoms with Crippen LogP contribution in [0.3, 0.4) is 0 Å². The molecule has 0 spiro atoms. The zero-order chi connectivity index (χ0) is 23.0. The maximum absolute atomic E-state index is 13.1. The molecule has 1 N–H and O–H groups in total. The molecule has 6 heteroatoms. The number of amides is 2. The maximum Gasteiger partial charge on any atom is 0.242 e. The Kier molecular flexibility index (Phi) is 8.93. The second-order valence-electron chi connectivity index (χ2n) is 8.83. The van der Waals surface area contributed by atoms with Gasteiger partial charge in [-0.25, -0.2) is 0 Å². The summed E-state index contributed by atoms with van der Waals surface area (Å²) < 4.78 is 5.69. The van der Waals surface area contributed by atoms with Crippen LogP contribution in [-0.4, -0.2) is 34.9 Å². The van der Waals surface area contributed by atoms with E-state index in [2.05, 4.69) is 5.32 Å². The lowest BCUT2D eigenvalue weighted by atomic mass is 10.1. The maximum atomic E-state index is 13.1. The number of rotatable bonds is 9. The number of carbonyl (C=O) groups is 2. The smallest absolute Gasteiger partial charge is 0.242 e. The highest BCUT2D eigenvalue weighted by atomic mass is 35.5. The summed E-state index contributed by atoms with van der Waals surface area (Å²) in [6, 6.07) is 14.6. The van der Waals surface area contributed by atoms with E-state index in [0.717, 1.165) is 11.1 Å². The average Bonchev–Trinajstić information content (AvgIpc) is 2.70. The number of hydrogen-bond donors (Lipinski definition) is 1. The van der Waals surface area contributed by atoms with Crippen LogP contribution in [-0.2, 0) is 16.1 Å². The Bertz CT molecular complexity index is 858. The quantitative estimate of drug-likeness (QED) is 0.545. The molecule has 1 atom stereocenters. The number of aryl methyl sites for hydroxylation is 1. The van der Waals surface area contributed by atoms with Gasteiger partial charge in [0.1, 0.15) is 11.8 Å².